The van der Waals surface area contributed by atoms with Crippen molar-refractivity contribution in [1.29, 1.82) is 0 Å². The molecule has 0 heterocycles. The molecule has 0 aromatic heterocycles. The number of carbonyl (C=O) groups excluding carboxylic acids is 1. The van der Waals surface area contributed by atoms with E-state index in [0.29, 0.717) is 6.42 Å². The average Bonchev–Trinajstić information content (AvgIpc) is 2.31. The Morgan fingerprint density at radius 1 is 1.29 bits per heavy atom. The van der Waals surface area contributed by atoms with Gasteiger partial charge in [-0.2, -0.15) is 0 Å². The molecule has 0 fully saturated rings. The molecule has 3 heteroatoms. The summed E-state index contributed by atoms with van der Waals surface area (Å²) in [5, 5.41) is 3.05. The molecule has 0 aliphatic rings. The maximum absolute atomic E-state index is 12.0. The van der Waals surface area contributed by atoms with Gasteiger partial charge in [0.25, 0.3) is 0 Å². The lowest BCUT2D eigenvalue weighted by atomic mass is 9.98. The van der Waals surface area contributed by atoms with Crippen LogP contribution in [-0.2, 0) is 0 Å². The van der Waals surface area contributed by atoms with E-state index in [2.05, 4.69) is 5.32 Å². The normalized spacial score (nSPS) is 10.4. The van der Waals surface area contributed by atoms with E-state index in [0.717, 1.165) is 35.4 Å². The lowest BCUT2D eigenvalue weighted by Crippen LogP contribution is -2.11. The zero-order chi connectivity index (χ0) is 12.8. The van der Waals surface area contributed by atoms with E-state index in [1.165, 1.54) is 0 Å². The highest BCUT2D eigenvalue weighted by Crippen LogP contribution is 2.23. The van der Waals surface area contributed by atoms with Crippen molar-refractivity contribution in [3.63, 3.8) is 0 Å². The fourth-order valence-corrected chi connectivity index (χ4v) is 1.87. The number of benzene rings is 1. The van der Waals surface area contributed by atoms with Crippen molar-refractivity contribution in [2.24, 2.45) is 0 Å². The van der Waals surface area contributed by atoms with Crippen LogP contribution in [0.1, 0.15) is 34.3 Å². The summed E-state index contributed by atoms with van der Waals surface area (Å²) in [4.78, 5) is 12.0. The summed E-state index contributed by atoms with van der Waals surface area (Å²) in [6.07, 6.45) is 1.47. The summed E-state index contributed by atoms with van der Waals surface area (Å²) in [6, 6.07) is 3.86. The van der Waals surface area contributed by atoms with Crippen molar-refractivity contribution in [3.8, 4) is 5.75 Å². The van der Waals surface area contributed by atoms with Gasteiger partial charge in [0.2, 0.25) is 0 Å². The first-order valence-electron chi connectivity index (χ1n) is 5.93. The standard InChI is InChI=1S/C14H21NO2/c1-10-9-14(17-4)11(2)8-12(10)13(16)6-5-7-15-3/h8-9,15H,5-7H2,1-4H3. The van der Waals surface area contributed by atoms with Gasteiger partial charge in [-0.1, -0.05) is 0 Å². The van der Waals surface area contributed by atoms with Crippen molar-refractivity contribution in [1.82, 2.24) is 5.32 Å². The van der Waals surface area contributed by atoms with E-state index in [9.17, 15) is 4.79 Å². The number of hydrogen-bond acceptors (Lipinski definition) is 3. The molecule has 1 aromatic rings. The first kappa shape index (κ1) is 13.7. The zero-order valence-electron chi connectivity index (χ0n) is 11.1. The zero-order valence-corrected chi connectivity index (χ0v) is 11.1. The highest BCUT2D eigenvalue weighted by atomic mass is 16.5. The largest absolute Gasteiger partial charge is 0.496 e. The molecule has 0 saturated carbocycles. The van der Waals surface area contributed by atoms with Crippen molar-refractivity contribution in [2.75, 3.05) is 20.7 Å². The molecule has 0 unspecified atom stereocenters. The summed E-state index contributed by atoms with van der Waals surface area (Å²) in [5.41, 5.74) is 2.82. The number of nitrogens with one attached hydrogen (secondary N) is 1. The topological polar surface area (TPSA) is 38.3 Å². The van der Waals surface area contributed by atoms with Crippen LogP contribution in [0.3, 0.4) is 0 Å². The second-order valence-electron chi connectivity index (χ2n) is 4.27. The van der Waals surface area contributed by atoms with Crippen LogP contribution < -0.4 is 10.1 Å². The molecular formula is C14H21NO2. The summed E-state index contributed by atoms with van der Waals surface area (Å²) in [7, 11) is 3.55. The molecule has 0 spiro atoms. The quantitative estimate of drug-likeness (QED) is 0.608. The number of hydrogen-bond donors (Lipinski definition) is 1. The lowest BCUT2D eigenvalue weighted by molar-refractivity contribution is 0.0979. The molecule has 0 saturated heterocycles. The fraction of sp³-hybridized carbons (Fsp3) is 0.500. The first-order valence-corrected chi connectivity index (χ1v) is 5.93. The van der Waals surface area contributed by atoms with Crippen LogP contribution in [0.5, 0.6) is 5.75 Å². The number of rotatable bonds is 6. The third-order valence-corrected chi connectivity index (χ3v) is 2.87. The number of Topliss-reactive ketones (excluding diaryl/α,β-unsaturated/α-hetero) is 1. The van der Waals surface area contributed by atoms with Gasteiger partial charge in [0.05, 0.1) is 7.11 Å². The molecule has 17 heavy (non-hydrogen) atoms. The molecule has 0 atom stereocenters. The van der Waals surface area contributed by atoms with Crippen LogP contribution in [-0.4, -0.2) is 26.5 Å². The summed E-state index contributed by atoms with van der Waals surface area (Å²) in [6.45, 7) is 4.79. The number of aryl methyl sites for hydroxylation is 2. The molecule has 0 radical (unpaired) electrons. The Morgan fingerprint density at radius 2 is 2.00 bits per heavy atom. The molecule has 0 amide bonds. The predicted octanol–water partition coefficient (Wildman–Crippen LogP) is 2.49. The highest BCUT2D eigenvalue weighted by Gasteiger charge is 2.11. The SMILES string of the molecule is CNCCCC(=O)c1cc(C)c(OC)cc1C. The van der Waals surface area contributed by atoms with Gasteiger partial charge >= 0.3 is 0 Å². The molecular weight excluding hydrogens is 214 g/mol. The highest BCUT2D eigenvalue weighted by molar-refractivity contribution is 5.97. The Bertz CT molecular complexity index is 399. The van der Waals surface area contributed by atoms with Gasteiger partial charge in [0.15, 0.2) is 5.78 Å². The van der Waals surface area contributed by atoms with Crippen LogP contribution in [0.15, 0.2) is 12.1 Å². The molecule has 0 bridgehead atoms. The van der Waals surface area contributed by atoms with E-state index in [-0.39, 0.29) is 5.78 Å². The predicted molar refractivity (Wildman–Crippen MR) is 70.0 cm³/mol. The Kier molecular flexibility index (Phi) is 5.16. The van der Waals surface area contributed by atoms with Gasteiger partial charge in [-0.15, -0.1) is 0 Å². The van der Waals surface area contributed by atoms with Crippen LogP contribution in [0.4, 0.5) is 0 Å². The molecule has 3 nitrogen and oxygen atoms in total. The minimum absolute atomic E-state index is 0.212. The molecule has 1 rings (SSSR count). The third-order valence-electron chi connectivity index (χ3n) is 2.87. The van der Waals surface area contributed by atoms with Crippen LogP contribution >= 0.6 is 0 Å². The lowest BCUT2D eigenvalue weighted by Gasteiger charge is -2.10. The Morgan fingerprint density at radius 3 is 2.59 bits per heavy atom. The van der Waals surface area contributed by atoms with E-state index in [1.807, 2.05) is 33.0 Å². The van der Waals surface area contributed by atoms with Crippen molar-refractivity contribution >= 4 is 5.78 Å². The monoisotopic (exact) mass is 235 g/mol. The minimum Gasteiger partial charge on any atom is -0.496 e. The van der Waals surface area contributed by atoms with Gasteiger partial charge in [0, 0.05) is 12.0 Å². The molecule has 1 aromatic carbocycles. The van der Waals surface area contributed by atoms with Gasteiger partial charge < -0.3 is 10.1 Å². The molecule has 1 N–H and O–H groups in total. The summed E-state index contributed by atoms with van der Waals surface area (Å²) in [5.74, 6) is 1.05. The third kappa shape index (κ3) is 3.56. The van der Waals surface area contributed by atoms with Gasteiger partial charge in [-0.25, -0.2) is 0 Å². The van der Waals surface area contributed by atoms with E-state index in [4.69, 9.17) is 4.74 Å². The molecule has 0 aliphatic heterocycles. The fourth-order valence-electron chi connectivity index (χ4n) is 1.87. The van der Waals surface area contributed by atoms with Crippen molar-refractivity contribution in [2.45, 2.75) is 26.7 Å². The van der Waals surface area contributed by atoms with Gasteiger partial charge in [0.1, 0.15) is 5.75 Å². The van der Waals surface area contributed by atoms with Crippen LogP contribution in [0, 0.1) is 13.8 Å². The molecule has 94 valence electrons. The van der Waals surface area contributed by atoms with Crippen molar-refractivity contribution < 1.29 is 9.53 Å². The maximum atomic E-state index is 12.0. The van der Waals surface area contributed by atoms with E-state index >= 15 is 0 Å². The number of ether oxygens (including phenoxy) is 1. The average molecular weight is 235 g/mol. The maximum Gasteiger partial charge on any atom is 0.163 e. The summed E-state index contributed by atoms with van der Waals surface area (Å²) >= 11 is 0. The Hall–Kier alpha value is -1.35. The smallest absolute Gasteiger partial charge is 0.163 e. The first-order chi connectivity index (χ1) is 8.10. The van der Waals surface area contributed by atoms with Crippen LogP contribution in [0.2, 0.25) is 0 Å². The van der Waals surface area contributed by atoms with Crippen molar-refractivity contribution in [3.05, 3.63) is 28.8 Å². The second-order valence-corrected chi connectivity index (χ2v) is 4.27. The minimum atomic E-state index is 0.212. The number of ketones is 1. The number of carbonyl (C=O) groups is 1. The van der Waals surface area contributed by atoms with E-state index in [1.54, 1.807) is 7.11 Å². The van der Waals surface area contributed by atoms with Crippen LogP contribution in [0.25, 0.3) is 0 Å². The van der Waals surface area contributed by atoms with Gasteiger partial charge in [-0.05, 0) is 57.1 Å². The molecule has 0 aliphatic carbocycles. The van der Waals surface area contributed by atoms with Gasteiger partial charge in [-0.3, -0.25) is 4.79 Å². The second kappa shape index (κ2) is 6.40. The summed E-state index contributed by atoms with van der Waals surface area (Å²) < 4.78 is 5.24. The van der Waals surface area contributed by atoms with E-state index < -0.39 is 0 Å². The number of methoxy groups -OCH3 is 1. The Balaban J connectivity index is 2.83. The Labute approximate surface area is 103 Å².